The highest BCUT2D eigenvalue weighted by atomic mass is 35.5. The first-order valence-electron chi connectivity index (χ1n) is 9.44. The molecule has 0 radical (unpaired) electrons. The second kappa shape index (κ2) is 6.39. The summed E-state index contributed by atoms with van der Waals surface area (Å²) in [5, 5.41) is 15.7. The molecule has 1 saturated carbocycles. The zero-order chi connectivity index (χ0) is 19.3. The Morgan fingerprint density at radius 3 is 3.00 bits per heavy atom. The number of allylic oxidation sites excluding steroid dienone is 1. The van der Waals surface area contributed by atoms with Crippen LogP contribution in [0.1, 0.15) is 42.9 Å². The van der Waals surface area contributed by atoms with Gasteiger partial charge in [-0.15, -0.1) is 0 Å². The van der Waals surface area contributed by atoms with Gasteiger partial charge >= 0.3 is 0 Å². The van der Waals surface area contributed by atoms with E-state index in [2.05, 4.69) is 30.8 Å². The van der Waals surface area contributed by atoms with Crippen molar-refractivity contribution < 1.29 is 0 Å². The maximum atomic E-state index is 6.66. The number of H-pyrrole nitrogens is 2. The molecule has 1 fully saturated rings. The molecule has 1 aliphatic carbocycles. The Bertz CT molecular complexity index is 1090. The minimum atomic E-state index is -1.03. The third kappa shape index (κ3) is 2.96. The molecule has 0 saturated heterocycles. The molecule has 3 heterocycles. The lowest BCUT2D eigenvalue weighted by Gasteiger charge is -2.36. The lowest BCUT2D eigenvalue weighted by atomic mass is 9.92. The molecule has 144 valence electrons. The number of hydrogen-bond acceptors (Lipinski definition) is 5. The quantitative estimate of drug-likeness (QED) is 0.453. The average Bonchev–Trinajstić information content (AvgIpc) is 3.22. The number of halogens is 1. The van der Waals surface area contributed by atoms with E-state index in [0.717, 1.165) is 28.1 Å². The number of nitrogens with one attached hydrogen (secondary N) is 4. The van der Waals surface area contributed by atoms with Crippen molar-refractivity contribution in [3.05, 3.63) is 58.6 Å². The highest BCUT2D eigenvalue weighted by Gasteiger charge is 2.36. The van der Waals surface area contributed by atoms with Crippen LogP contribution in [0.5, 0.6) is 0 Å². The van der Waals surface area contributed by atoms with Gasteiger partial charge in [-0.05, 0) is 36.6 Å². The molecule has 2 unspecified atom stereocenters. The smallest absolute Gasteiger partial charge is 0.190 e. The molecule has 6 N–H and O–H groups in total. The monoisotopic (exact) mass is 395 g/mol. The number of benzene rings is 1. The molecule has 7 nitrogen and oxygen atoms in total. The van der Waals surface area contributed by atoms with Crippen LogP contribution in [-0.4, -0.2) is 27.2 Å². The van der Waals surface area contributed by atoms with Gasteiger partial charge in [0.15, 0.2) is 11.6 Å². The van der Waals surface area contributed by atoms with Gasteiger partial charge in [-0.2, -0.15) is 5.10 Å². The zero-order valence-corrected chi connectivity index (χ0v) is 16.2. The largest absolute Gasteiger partial charge is 0.361 e. The van der Waals surface area contributed by atoms with E-state index in [1.54, 1.807) is 6.21 Å². The van der Waals surface area contributed by atoms with Crippen LogP contribution in [0.2, 0.25) is 5.02 Å². The normalized spacial score (nSPS) is 22.8. The Balaban J connectivity index is 1.37. The Hall–Kier alpha value is -2.77. The number of fused-ring (bicyclic) bond motifs is 1. The predicted molar refractivity (Wildman–Crippen MR) is 113 cm³/mol. The Labute approximate surface area is 167 Å². The van der Waals surface area contributed by atoms with Crippen LogP contribution in [0, 0.1) is 0 Å². The number of aliphatic imine (C=N–C) groups is 1. The van der Waals surface area contributed by atoms with Gasteiger partial charge in [0.05, 0.1) is 5.02 Å². The summed E-state index contributed by atoms with van der Waals surface area (Å²) in [5.41, 5.74) is 9.76. The minimum absolute atomic E-state index is 0.165. The average molecular weight is 396 g/mol. The fraction of sp³-hybridized carbons (Fsp3) is 0.300. The first kappa shape index (κ1) is 17.3. The highest BCUT2D eigenvalue weighted by molar-refractivity contribution is 6.36. The van der Waals surface area contributed by atoms with Gasteiger partial charge in [-0.1, -0.05) is 24.6 Å². The zero-order valence-electron chi connectivity index (χ0n) is 15.5. The third-order valence-corrected chi connectivity index (χ3v) is 5.99. The molecule has 3 aromatic rings. The first-order valence-corrected chi connectivity index (χ1v) is 9.82. The lowest BCUT2D eigenvalue weighted by molar-refractivity contribution is 0.324. The van der Waals surface area contributed by atoms with Crippen LogP contribution in [0.15, 0.2) is 47.4 Å². The van der Waals surface area contributed by atoms with E-state index in [-0.39, 0.29) is 5.92 Å². The number of rotatable bonds is 5. The summed E-state index contributed by atoms with van der Waals surface area (Å²) in [6.07, 6.45) is 7.90. The molecule has 2 atom stereocenters. The minimum Gasteiger partial charge on any atom is -0.361 e. The molecule has 1 aromatic carbocycles. The maximum absolute atomic E-state index is 6.66. The predicted octanol–water partition coefficient (Wildman–Crippen LogP) is 3.77. The number of nitrogens with zero attached hydrogens (tertiary/aromatic N) is 2. The van der Waals surface area contributed by atoms with E-state index in [1.165, 1.54) is 18.5 Å². The standard InChI is InChI=1S/C20H22ClN7/c1-11(13-4-5-15-14(19(13)21)6-8-23-15)20(22)24-9-7-17(26-20)25-18-10-16(27-28-18)12-2-3-12/h4-12,23,26H,2-3,22H2,1H3,(H2,25,27,28). The van der Waals surface area contributed by atoms with Crippen molar-refractivity contribution in [2.45, 2.75) is 37.4 Å². The fourth-order valence-electron chi connectivity index (χ4n) is 3.64. The van der Waals surface area contributed by atoms with Gasteiger partial charge in [0.1, 0.15) is 5.82 Å². The second-order valence-electron chi connectivity index (χ2n) is 7.55. The van der Waals surface area contributed by atoms with E-state index in [1.807, 2.05) is 43.5 Å². The van der Waals surface area contributed by atoms with Gasteiger partial charge in [0, 0.05) is 46.9 Å². The van der Waals surface area contributed by atoms with Crippen LogP contribution in [0.3, 0.4) is 0 Å². The summed E-state index contributed by atoms with van der Waals surface area (Å²) in [4.78, 5) is 7.69. The van der Waals surface area contributed by atoms with Crippen molar-refractivity contribution in [1.29, 1.82) is 0 Å². The van der Waals surface area contributed by atoms with Gasteiger partial charge in [0.2, 0.25) is 0 Å². The molecule has 2 aliphatic rings. The van der Waals surface area contributed by atoms with Crippen LogP contribution in [0.25, 0.3) is 10.9 Å². The van der Waals surface area contributed by atoms with E-state index < -0.39 is 5.79 Å². The molecule has 0 bridgehead atoms. The van der Waals surface area contributed by atoms with Crippen LogP contribution in [0.4, 0.5) is 5.82 Å². The van der Waals surface area contributed by atoms with Gasteiger partial charge in [0.25, 0.3) is 0 Å². The van der Waals surface area contributed by atoms with Gasteiger partial charge in [-0.3, -0.25) is 15.8 Å². The maximum Gasteiger partial charge on any atom is 0.190 e. The van der Waals surface area contributed by atoms with Crippen molar-refractivity contribution >= 4 is 34.5 Å². The number of aromatic amines is 2. The Morgan fingerprint density at radius 2 is 2.18 bits per heavy atom. The number of hydrogen-bond donors (Lipinski definition) is 5. The number of aromatic nitrogens is 3. The number of anilines is 1. The summed E-state index contributed by atoms with van der Waals surface area (Å²) in [7, 11) is 0. The molecule has 0 amide bonds. The molecule has 8 heteroatoms. The second-order valence-corrected chi connectivity index (χ2v) is 7.92. The third-order valence-electron chi connectivity index (χ3n) is 5.57. The van der Waals surface area contributed by atoms with E-state index in [4.69, 9.17) is 17.3 Å². The summed E-state index contributed by atoms with van der Waals surface area (Å²) >= 11 is 6.66. The first-order chi connectivity index (χ1) is 13.5. The topological polar surface area (TPSA) is 107 Å². The van der Waals surface area contributed by atoms with Crippen LogP contribution < -0.4 is 16.4 Å². The van der Waals surface area contributed by atoms with Crippen molar-refractivity contribution in [3.8, 4) is 0 Å². The molecular weight excluding hydrogens is 374 g/mol. The molecule has 2 aromatic heterocycles. The molecular formula is C20H22ClN7. The summed E-state index contributed by atoms with van der Waals surface area (Å²) in [5.74, 6) is 0.939. The van der Waals surface area contributed by atoms with Crippen molar-refractivity contribution in [3.63, 3.8) is 0 Å². The summed E-state index contributed by atoms with van der Waals surface area (Å²) < 4.78 is 0. The fourth-order valence-corrected chi connectivity index (χ4v) is 4.04. The van der Waals surface area contributed by atoms with Crippen molar-refractivity contribution in [2.24, 2.45) is 10.7 Å². The molecule has 0 spiro atoms. The van der Waals surface area contributed by atoms with Crippen LogP contribution in [-0.2, 0) is 0 Å². The van der Waals surface area contributed by atoms with E-state index in [9.17, 15) is 0 Å². The SMILES string of the molecule is CC(c1ccc2[nH]ccc2c1Cl)C1(N)N=CC=C(Nc2cc(C3CC3)[nH]n2)N1. The molecule has 5 rings (SSSR count). The lowest BCUT2D eigenvalue weighted by Crippen LogP contribution is -2.57. The van der Waals surface area contributed by atoms with Crippen molar-refractivity contribution in [2.75, 3.05) is 5.32 Å². The number of nitrogens with two attached hydrogens (primary N) is 1. The van der Waals surface area contributed by atoms with E-state index >= 15 is 0 Å². The van der Waals surface area contributed by atoms with Gasteiger partial charge in [-0.25, -0.2) is 0 Å². The summed E-state index contributed by atoms with van der Waals surface area (Å²) in [6.45, 7) is 2.02. The van der Waals surface area contributed by atoms with E-state index in [0.29, 0.717) is 10.9 Å². The molecule has 1 aliphatic heterocycles. The molecule has 28 heavy (non-hydrogen) atoms. The highest BCUT2D eigenvalue weighted by Crippen LogP contribution is 2.40. The van der Waals surface area contributed by atoms with Gasteiger partial charge < -0.3 is 15.6 Å². The summed E-state index contributed by atoms with van der Waals surface area (Å²) in [6, 6.07) is 8.03. The van der Waals surface area contributed by atoms with Crippen molar-refractivity contribution in [1.82, 2.24) is 20.5 Å². The Morgan fingerprint density at radius 1 is 1.32 bits per heavy atom. The van der Waals surface area contributed by atoms with Crippen LogP contribution >= 0.6 is 11.6 Å². The Kier molecular flexibility index (Phi) is 3.96.